The summed E-state index contributed by atoms with van der Waals surface area (Å²) in [6, 6.07) is 33.1. The van der Waals surface area contributed by atoms with Crippen molar-refractivity contribution in [2.75, 3.05) is 27.9 Å². The van der Waals surface area contributed by atoms with E-state index in [2.05, 4.69) is 89.9 Å². The summed E-state index contributed by atoms with van der Waals surface area (Å²) in [5.41, 5.74) is 17.6. The van der Waals surface area contributed by atoms with Crippen LogP contribution in [0.25, 0.3) is 33.4 Å². The Morgan fingerprint density at radius 1 is 0.500 bits per heavy atom. The molecule has 4 spiro atoms. The Morgan fingerprint density at radius 3 is 1.55 bits per heavy atom. The Bertz CT molecular complexity index is 6330. The molecule has 5 aliphatic carbocycles. The normalized spacial score (nSPS) is 22.8. The summed E-state index contributed by atoms with van der Waals surface area (Å²) >= 11 is 21.9. The zero-order valence-electron chi connectivity index (χ0n) is 88.6. The van der Waals surface area contributed by atoms with Gasteiger partial charge in [-0.2, -0.15) is 0 Å². The van der Waals surface area contributed by atoms with Crippen molar-refractivity contribution in [3.63, 3.8) is 0 Å². The van der Waals surface area contributed by atoms with Gasteiger partial charge in [0.05, 0.1) is 65.2 Å². The Morgan fingerprint density at radius 2 is 1.01 bits per heavy atom. The van der Waals surface area contributed by atoms with Gasteiger partial charge in [0.15, 0.2) is 28.7 Å². The highest BCUT2D eigenvalue weighted by atomic mass is 79.9. The first-order chi connectivity index (χ1) is 69.2. The molecule has 0 saturated heterocycles. The summed E-state index contributed by atoms with van der Waals surface area (Å²) in [6.45, 7) is 37.1. The number of methoxy groups -OCH3 is 3. The molecule has 5 N–H and O–H groups in total. The number of carbonyl (C=O) groups excluding carboxylic acids is 10. The van der Waals surface area contributed by atoms with Crippen LogP contribution in [0.1, 0.15) is 311 Å². The number of allylic oxidation sites excluding steroid dienone is 2. The number of cyclic esters (lactones) is 1. The maximum atomic E-state index is 13.2. The van der Waals surface area contributed by atoms with E-state index in [0.29, 0.717) is 105 Å². The number of rotatable bonds is 19. The molecule has 782 valence electrons. The number of halogens is 4. The van der Waals surface area contributed by atoms with Gasteiger partial charge in [-0.05, 0) is 336 Å². The van der Waals surface area contributed by atoms with Gasteiger partial charge in [-0.25, -0.2) is 9.59 Å². The number of ketones is 3. The van der Waals surface area contributed by atoms with E-state index in [1.807, 2.05) is 131 Å². The quantitative estimate of drug-likeness (QED) is 0.0285. The van der Waals surface area contributed by atoms with E-state index in [1.165, 1.54) is 30.7 Å². The van der Waals surface area contributed by atoms with E-state index in [-0.39, 0.29) is 88.5 Å². The van der Waals surface area contributed by atoms with E-state index in [4.69, 9.17) is 72.7 Å². The average Bonchev–Trinajstić information content (AvgIpc) is 1.58. The summed E-state index contributed by atoms with van der Waals surface area (Å²) in [5, 5.41) is 32.4. The van der Waals surface area contributed by atoms with E-state index in [1.54, 1.807) is 60.1 Å². The monoisotopic (exact) mass is 2120 g/mol. The van der Waals surface area contributed by atoms with Gasteiger partial charge in [0.2, 0.25) is 0 Å². The maximum Gasteiger partial charge on any atom is 0.513 e. The second-order valence-electron chi connectivity index (χ2n) is 41.4. The predicted octanol–water partition coefficient (Wildman–Crippen LogP) is 25.8. The fraction of sp³-hybridized carbons (Fsp3) is 0.479. The van der Waals surface area contributed by atoms with E-state index >= 15 is 0 Å². The highest BCUT2D eigenvalue weighted by Gasteiger charge is 2.57. The van der Waals surface area contributed by atoms with E-state index in [9.17, 15) is 58.2 Å². The molecule has 0 aromatic heterocycles. The molecule has 17 rings (SSSR count). The van der Waals surface area contributed by atoms with E-state index < -0.39 is 52.1 Å². The van der Waals surface area contributed by atoms with Crippen LogP contribution in [-0.2, 0) is 108 Å². The molecule has 0 radical (unpaired) electrons. The number of hydrogen-bond donors (Lipinski definition) is 5. The van der Waals surface area contributed by atoms with Crippen LogP contribution in [0.2, 0.25) is 15.1 Å². The van der Waals surface area contributed by atoms with Gasteiger partial charge >= 0.3 is 24.1 Å². The van der Waals surface area contributed by atoms with Crippen molar-refractivity contribution in [2.24, 2.45) is 17.3 Å². The molecule has 5 heterocycles. The molecular formula is C119H143BrCl3N3O20. The first-order valence-electron chi connectivity index (χ1n) is 51.4. The average molecular weight is 2120 g/mol. The van der Waals surface area contributed by atoms with Gasteiger partial charge in [0.1, 0.15) is 46.2 Å². The van der Waals surface area contributed by atoms with E-state index in [0.717, 1.165) is 202 Å². The van der Waals surface area contributed by atoms with Crippen LogP contribution in [0.5, 0.6) is 5.75 Å². The van der Waals surface area contributed by atoms with Crippen LogP contribution in [0.4, 0.5) is 4.79 Å². The number of nitrogens with one attached hydrogen (secondary N) is 3. The third kappa shape index (κ3) is 24.4. The summed E-state index contributed by atoms with van der Waals surface area (Å²) < 4.78 is 44.8. The number of aliphatic hydroxyl groups excluding tert-OH is 2. The highest BCUT2D eigenvalue weighted by molar-refractivity contribution is 9.10. The molecule has 23 nitrogen and oxygen atoms in total. The van der Waals surface area contributed by atoms with Gasteiger partial charge < -0.3 is 64.1 Å². The number of Topliss-reactive ketones (excluding diaryl/α,β-unsaturated/α-hetero) is 2. The predicted molar refractivity (Wildman–Crippen MR) is 575 cm³/mol. The summed E-state index contributed by atoms with van der Waals surface area (Å²) in [4.78, 5) is 126. The number of carbonyl (C=O) groups is 10. The molecule has 5 aliphatic heterocycles. The Hall–Kier alpha value is -11.0. The van der Waals surface area contributed by atoms with Crippen molar-refractivity contribution in [1.82, 2.24) is 16.0 Å². The molecule has 2 atom stereocenters. The lowest BCUT2D eigenvalue weighted by Crippen LogP contribution is -2.49. The lowest BCUT2D eigenvalue weighted by molar-refractivity contribution is -0.152. The van der Waals surface area contributed by atoms with Crippen LogP contribution in [0, 0.1) is 65.7 Å². The topological polar surface area (TPSA) is 321 Å². The first-order valence-corrected chi connectivity index (χ1v) is 53.4. The number of ether oxygens (including phenoxy) is 8. The van der Waals surface area contributed by atoms with Gasteiger partial charge in [0, 0.05) is 62.8 Å². The van der Waals surface area contributed by atoms with Crippen molar-refractivity contribution >= 4 is 132 Å². The van der Waals surface area contributed by atoms with Crippen LogP contribution >= 0.6 is 50.7 Å². The minimum atomic E-state index is -0.909. The largest absolute Gasteiger partial charge is 0.513 e. The SMILES string of the molecule is CC1=CC(=O)C(c2c(C)cc(C)cc2C)C(=O)O1.CCOC(=O)OC1=C(c2c(CC)cc(Cl)cc2OC)C(=O)NC12CCC(OC)CC2.CCc1cc(-c2ccc(Cl)cc2)cc(C)c1C1=C(O)C2(CCC(OC)CC2)OC1=O.CCc1cc(C)cc(Br)c1C1=C(O)C(C)(C)NC1=O.CCc1cc(C)cc(C)c1C1C(=O)CC2(CCCCC2)C1=O.CCc1cc(Cl)ccc1C1=C(OC(=O)C(C)C)C2(CCC(C)CC2)NC1=O. The first kappa shape index (κ1) is 114. The van der Waals surface area contributed by atoms with Crippen molar-refractivity contribution in [1.29, 1.82) is 0 Å². The van der Waals surface area contributed by atoms with Gasteiger partial charge in [-0.1, -0.05) is 197 Å². The van der Waals surface area contributed by atoms with Gasteiger partial charge in [0.25, 0.3) is 17.7 Å². The second-order valence-corrected chi connectivity index (χ2v) is 43.6. The maximum absolute atomic E-state index is 13.2. The number of aryl methyl sites for hydroxylation is 12. The minimum absolute atomic E-state index is 0.0825. The second kappa shape index (κ2) is 48.1. The Balaban J connectivity index is 0.000000157. The third-order valence-electron chi connectivity index (χ3n) is 30.3. The molecule has 27 heteroatoms. The van der Waals surface area contributed by atoms with Crippen LogP contribution in [0.3, 0.4) is 0 Å². The molecule has 2 unspecified atom stereocenters. The van der Waals surface area contributed by atoms with Crippen LogP contribution in [0.15, 0.2) is 142 Å². The van der Waals surface area contributed by atoms with Crippen molar-refractivity contribution in [2.45, 2.75) is 325 Å². The number of benzene rings is 7. The molecule has 146 heavy (non-hydrogen) atoms. The lowest BCUT2D eigenvalue weighted by Gasteiger charge is -2.37. The standard InChI is InChI=1S/C25H27ClO4.C22H28ClNO6.C22H28ClNO3.C20H26O2.C15H18BrNO2.C15H16O3/c1-4-16-14-18(17-5-7-19(26)8-6-17)13-15(2)21(16)22-23(27)25(30-24(22)28)11-9-20(29-3)10-12-25;1-5-13-11-14(23)12-16(28-4)17(13)18-19(30-21(26)29-6-2)22(24-20(18)25)9-7-15(27-3)8-10-22;1-5-15-12-16(23)6-7-17(15)18-19(27-21(26)13(2)3)22(24-20(18)25)10-8-14(4)9-11-22;1-4-15-11-13(2)10-14(3)17(15)18-16(21)12-20(19(18)22)8-6-5-7-9-20;1-5-9-6-8(2)7-10(16)11(9)12-13(18)15(3,4)17-14(12)19;1-8-5-9(2)13(10(3)6-8)14-12(16)7-11(4)18-15(14)17/h5-8,13-14,20,27H,4,9-12H2,1-3H3;11-12,15H,5-10H2,1-4H3,(H,24,25);6-7,12-14H,5,8-11H2,1-4H3,(H,24,25);10-11,18H,4-9,12H2,1-3H3;6-7,18H,5H2,1-4H3,(H,17,19);5-7,14H,1-4H3. The summed E-state index contributed by atoms with van der Waals surface area (Å²) in [5.74, 6) is -0.850. The number of amides is 3. The smallest absolute Gasteiger partial charge is 0.509 e. The molecule has 3 amide bonds. The fourth-order valence-electron chi connectivity index (χ4n) is 22.7. The van der Waals surface area contributed by atoms with Gasteiger partial charge in [-0.15, -0.1) is 0 Å². The number of hydrogen-bond acceptors (Lipinski definition) is 20. The molecular weight excluding hydrogens is 1980 g/mol. The number of aliphatic hydroxyl groups is 2. The molecule has 10 aliphatic rings. The molecule has 5 saturated carbocycles. The summed E-state index contributed by atoms with van der Waals surface area (Å²) in [7, 11) is 4.90. The summed E-state index contributed by atoms with van der Waals surface area (Å²) in [6.07, 6.45) is 19.2. The molecule has 5 fully saturated rings. The van der Waals surface area contributed by atoms with Crippen LogP contribution < -0.4 is 20.7 Å². The number of esters is 3. The van der Waals surface area contributed by atoms with Crippen molar-refractivity contribution < 1.29 is 96.1 Å². The van der Waals surface area contributed by atoms with Crippen molar-refractivity contribution in [3.8, 4) is 16.9 Å². The Labute approximate surface area is 883 Å². The lowest BCUT2D eigenvalue weighted by atomic mass is 9.71. The van der Waals surface area contributed by atoms with Gasteiger partial charge in [-0.3, -0.25) is 38.4 Å². The molecule has 7 aromatic carbocycles. The third-order valence-corrected chi connectivity index (χ3v) is 31.7. The Kier molecular flexibility index (Phi) is 37.5. The zero-order chi connectivity index (χ0) is 107. The van der Waals surface area contributed by atoms with Crippen LogP contribution in [-0.4, -0.2) is 132 Å². The fourth-order valence-corrected chi connectivity index (χ4v) is 24.1. The minimum Gasteiger partial charge on any atom is -0.509 e. The molecule has 0 bridgehead atoms. The van der Waals surface area contributed by atoms with Crippen molar-refractivity contribution in [3.05, 3.63) is 258 Å². The zero-order valence-corrected chi connectivity index (χ0v) is 92.4. The molecule has 7 aromatic rings. The highest BCUT2D eigenvalue weighted by Crippen LogP contribution is 2.54.